The summed E-state index contributed by atoms with van der Waals surface area (Å²) in [7, 11) is 0. The predicted octanol–water partition coefficient (Wildman–Crippen LogP) is 2.59. The quantitative estimate of drug-likeness (QED) is 0.745. The van der Waals surface area contributed by atoms with Crippen molar-refractivity contribution in [1.82, 2.24) is 5.32 Å². The Labute approximate surface area is 74.0 Å². The third-order valence-corrected chi connectivity index (χ3v) is 1.94. The van der Waals surface area contributed by atoms with Gasteiger partial charge < -0.3 is 9.73 Å². The second-order valence-corrected chi connectivity index (χ2v) is 3.29. The van der Waals surface area contributed by atoms with Gasteiger partial charge in [0.05, 0.1) is 12.3 Å². The lowest BCUT2D eigenvalue weighted by Crippen LogP contribution is -2.24. The first-order valence-corrected chi connectivity index (χ1v) is 4.52. The third-order valence-electron chi connectivity index (χ3n) is 1.94. The van der Waals surface area contributed by atoms with Crippen LogP contribution in [0.4, 0.5) is 0 Å². The zero-order valence-electron chi connectivity index (χ0n) is 8.00. The van der Waals surface area contributed by atoms with Gasteiger partial charge in [0.15, 0.2) is 0 Å². The molecule has 0 aromatic carbocycles. The zero-order valence-corrected chi connectivity index (χ0v) is 8.00. The summed E-state index contributed by atoms with van der Waals surface area (Å²) in [6.07, 6.45) is 1.72. The molecule has 1 N–H and O–H groups in total. The van der Waals surface area contributed by atoms with E-state index in [1.165, 1.54) is 0 Å². The fourth-order valence-electron chi connectivity index (χ4n) is 1.35. The molecule has 1 rings (SSSR count). The van der Waals surface area contributed by atoms with Gasteiger partial charge in [0, 0.05) is 0 Å². The summed E-state index contributed by atoms with van der Waals surface area (Å²) in [6, 6.07) is 4.31. The molecule has 0 saturated heterocycles. The molecular formula is C10H17NO. The minimum atomic E-state index is 0.352. The van der Waals surface area contributed by atoms with Gasteiger partial charge in [-0.15, -0.1) is 0 Å². The molecule has 1 atom stereocenters. The average Bonchev–Trinajstić information content (AvgIpc) is 2.51. The van der Waals surface area contributed by atoms with E-state index in [4.69, 9.17) is 4.42 Å². The Morgan fingerprint density at radius 3 is 2.67 bits per heavy atom. The molecule has 0 amide bonds. The Bertz CT molecular complexity index is 204. The van der Waals surface area contributed by atoms with Crippen LogP contribution in [0.3, 0.4) is 0 Å². The number of hydrogen-bond acceptors (Lipinski definition) is 2. The van der Waals surface area contributed by atoms with Gasteiger partial charge in [-0.25, -0.2) is 0 Å². The Kier molecular flexibility index (Phi) is 3.35. The Hall–Kier alpha value is -0.760. The van der Waals surface area contributed by atoms with Gasteiger partial charge >= 0.3 is 0 Å². The van der Waals surface area contributed by atoms with Crippen molar-refractivity contribution in [2.45, 2.75) is 26.8 Å². The van der Waals surface area contributed by atoms with Crippen LogP contribution < -0.4 is 5.32 Å². The molecule has 2 heteroatoms. The molecule has 0 aliphatic heterocycles. The lowest BCUT2D eigenvalue weighted by molar-refractivity contribution is 0.347. The van der Waals surface area contributed by atoms with Crippen molar-refractivity contribution in [3.8, 4) is 0 Å². The Morgan fingerprint density at radius 1 is 1.50 bits per heavy atom. The van der Waals surface area contributed by atoms with Crippen LogP contribution >= 0.6 is 0 Å². The van der Waals surface area contributed by atoms with E-state index in [1.807, 2.05) is 12.1 Å². The summed E-state index contributed by atoms with van der Waals surface area (Å²) in [5.41, 5.74) is 0. The highest BCUT2D eigenvalue weighted by atomic mass is 16.3. The molecule has 1 heterocycles. The molecule has 1 aromatic heterocycles. The van der Waals surface area contributed by atoms with E-state index in [1.54, 1.807) is 6.26 Å². The lowest BCUT2D eigenvalue weighted by atomic mass is 10.0. The highest BCUT2D eigenvalue weighted by Crippen LogP contribution is 2.21. The first-order chi connectivity index (χ1) is 5.75. The Morgan fingerprint density at radius 2 is 2.25 bits per heavy atom. The van der Waals surface area contributed by atoms with Crippen LogP contribution in [-0.4, -0.2) is 6.54 Å². The molecule has 0 aliphatic rings. The number of furan rings is 1. The molecule has 2 nitrogen and oxygen atoms in total. The average molecular weight is 167 g/mol. The summed E-state index contributed by atoms with van der Waals surface area (Å²) >= 11 is 0. The maximum absolute atomic E-state index is 5.35. The summed E-state index contributed by atoms with van der Waals surface area (Å²) in [6.45, 7) is 7.47. The van der Waals surface area contributed by atoms with E-state index in [0.29, 0.717) is 12.0 Å². The largest absolute Gasteiger partial charge is 0.468 e. The van der Waals surface area contributed by atoms with Crippen LogP contribution in [0.15, 0.2) is 22.8 Å². The first kappa shape index (κ1) is 9.33. The van der Waals surface area contributed by atoms with Crippen molar-refractivity contribution in [1.29, 1.82) is 0 Å². The predicted molar refractivity (Wildman–Crippen MR) is 50.0 cm³/mol. The maximum atomic E-state index is 5.35. The fraction of sp³-hybridized carbons (Fsp3) is 0.600. The van der Waals surface area contributed by atoms with Crippen LogP contribution in [0.2, 0.25) is 0 Å². The van der Waals surface area contributed by atoms with Crippen LogP contribution in [0.5, 0.6) is 0 Å². The molecule has 1 aromatic rings. The summed E-state index contributed by atoms with van der Waals surface area (Å²) in [5, 5.41) is 3.39. The second kappa shape index (κ2) is 4.31. The highest BCUT2D eigenvalue weighted by Gasteiger charge is 2.16. The van der Waals surface area contributed by atoms with Crippen molar-refractivity contribution >= 4 is 0 Å². The van der Waals surface area contributed by atoms with Gasteiger partial charge in [0.2, 0.25) is 0 Å². The van der Waals surface area contributed by atoms with Crippen molar-refractivity contribution < 1.29 is 4.42 Å². The van der Waals surface area contributed by atoms with Crippen molar-refractivity contribution in [2.24, 2.45) is 5.92 Å². The van der Waals surface area contributed by atoms with Gasteiger partial charge in [0.1, 0.15) is 5.76 Å². The van der Waals surface area contributed by atoms with E-state index in [9.17, 15) is 0 Å². The molecular weight excluding hydrogens is 150 g/mol. The maximum Gasteiger partial charge on any atom is 0.120 e. The zero-order chi connectivity index (χ0) is 8.97. The van der Waals surface area contributed by atoms with E-state index in [0.717, 1.165) is 12.3 Å². The van der Waals surface area contributed by atoms with Gasteiger partial charge in [0.25, 0.3) is 0 Å². The highest BCUT2D eigenvalue weighted by molar-refractivity contribution is 5.05. The summed E-state index contributed by atoms with van der Waals surface area (Å²) in [5.74, 6) is 1.60. The summed E-state index contributed by atoms with van der Waals surface area (Å²) in [4.78, 5) is 0. The van der Waals surface area contributed by atoms with Crippen molar-refractivity contribution in [2.75, 3.05) is 6.54 Å². The van der Waals surface area contributed by atoms with Gasteiger partial charge in [-0.3, -0.25) is 0 Å². The van der Waals surface area contributed by atoms with Crippen LogP contribution in [0.1, 0.15) is 32.6 Å². The van der Waals surface area contributed by atoms with Crippen LogP contribution in [0.25, 0.3) is 0 Å². The monoisotopic (exact) mass is 167 g/mol. The van der Waals surface area contributed by atoms with E-state index >= 15 is 0 Å². The van der Waals surface area contributed by atoms with Crippen molar-refractivity contribution in [3.05, 3.63) is 24.2 Å². The van der Waals surface area contributed by atoms with Gasteiger partial charge in [-0.2, -0.15) is 0 Å². The molecule has 0 radical (unpaired) electrons. The molecule has 0 aliphatic carbocycles. The van der Waals surface area contributed by atoms with Gasteiger partial charge in [-0.1, -0.05) is 20.8 Å². The van der Waals surface area contributed by atoms with Crippen LogP contribution in [-0.2, 0) is 0 Å². The minimum Gasteiger partial charge on any atom is -0.468 e. The number of rotatable bonds is 4. The van der Waals surface area contributed by atoms with Gasteiger partial charge in [-0.05, 0) is 24.6 Å². The molecule has 68 valence electrons. The Balaban J connectivity index is 2.66. The first-order valence-electron chi connectivity index (χ1n) is 4.52. The topological polar surface area (TPSA) is 25.2 Å². The normalized spacial score (nSPS) is 13.7. The van der Waals surface area contributed by atoms with Crippen LogP contribution in [0, 0.1) is 5.92 Å². The third kappa shape index (κ3) is 2.11. The SMILES string of the molecule is CCNC(c1ccco1)C(C)C. The molecule has 12 heavy (non-hydrogen) atoms. The molecule has 1 unspecified atom stereocenters. The van der Waals surface area contributed by atoms with Crippen molar-refractivity contribution in [3.63, 3.8) is 0 Å². The molecule has 0 fully saturated rings. The van der Waals surface area contributed by atoms with E-state index in [-0.39, 0.29) is 0 Å². The molecule has 0 spiro atoms. The lowest BCUT2D eigenvalue weighted by Gasteiger charge is -2.18. The summed E-state index contributed by atoms with van der Waals surface area (Å²) < 4.78 is 5.35. The molecule has 0 bridgehead atoms. The minimum absolute atomic E-state index is 0.352. The molecule has 0 saturated carbocycles. The number of nitrogens with one attached hydrogen (secondary N) is 1. The second-order valence-electron chi connectivity index (χ2n) is 3.29. The van der Waals surface area contributed by atoms with E-state index in [2.05, 4.69) is 26.1 Å². The number of hydrogen-bond donors (Lipinski definition) is 1. The fourth-order valence-corrected chi connectivity index (χ4v) is 1.35. The van der Waals surface area contributed by atoms with E-state index < -0.39 is 0 Å². The standard InChI is InChI=1S/C10H17NO/c1-4-11-10(8(2)3)9-6-5-7-12-9/h5-8,10-11H,4H2,1-3H3. The smallest absolute Gasteiger partial charge is 0.120 e.